The van der Waals surface area contributed by atoms with Crippen LogP contribution in [0.5, 0.6) is 0 Å². The highest BCUT2D eigenvalue weighted by Gasteiger charge is 2.11. The van der Waals surface area contributed by atoms with Gasteiger partial charge in [0.15, 0.2) is 0 Å². The number of benzene rings is 1. The SMILES string of the molecule is Cc1cc(C(=O)Nc2ccc(C(=O)NCCCO)cc2)sc1C. The van der Waals surface area contributed by atoms with Crippen LogP contribution in [0.25, 0.3) is 0 Å². The number of rotatable bonds is 6. The predicted octanol–water partition coefficient (Wildman–Crippen LogP) is 2.73. The molecule has 122 valence electrons. The van der Waals surface area contributed by atoms with Crippen LogP contribution in [0.3, 0.4) is 0 Å². The number of hydrogen-bond donors (Lipinski definition) is 3. The Labute approximate surface area is 139 Å². The number of amides is 2. The predicted molar refractivity (Wildman–Crippen MR) is 92.2 cm³/mol. The van der Waals surface area contributed by atoms with E-state index in [1.807, 2.05) is 19.9 Å². The van der Waals surface area contributed by atoms with Crippen molar-refractivity contribution in [3.63, 3.8) is 0 Å². The van der Waals surface area contributed by atoms with E-state index < -0.39 is 0 Å². The molecule has 0 spiro atoms. The van der Waals surface area contributed by atoms with Gasteiger partial charge in [0.2, 0.25) is 0 Å². The molecule has 0 unspecified atom stereocenters. The van der Waals surface area contributed by atoms with Crippen LogP contribution in [0.4, 0.5) is 5.69 Å². The number of aliphatic hydroxyl groups is 1. The first-order valence-corrected chi connectivity index (χ1v) is 8.20. The van der Waals surface area contributed by atoms with Gasteiger partial charge >= 0.3 is 0 Å². The third-order valence-electron chi connectivity index (χ3n) is 3.42. The summed E-state index contributed by atoms with van der Waals surface area (Å²) in [7, 11) is 0. The molecule has 0 saturated heterocycles. The van der Waals surface area contributed by atoms with Gasteiger partial charge in [-0.2, -0.15) is 0 Å². The fourth-order valence-corrected chi connectivity index (χ4v) is 2.89. The van der Waals surface area contributed by atoms with Crippen LogP contribution in [0.2, 0.25) is 0 Å². The molecule has 2 aromatic rings. The lowest BCUT2D eigenvalue weighted by atomic mass is 10.2. The molecule has 0 fully saturated rings. The summed E-state index contributed by atoms with van der Waals surface area (Å²) in [4.78, 5) is 25.8. The van der Waals surface area contributed by atoms with E-state index in [1.54, 1.807) is 24.3 Å². The average Bonchev–Trinajstić information content (AvgIpc) is 2.88. The molecule has 0 aliphatic rings. The van der Waals surface area contributed by atoms with Crippen LogP contribution >= 0.6 is 11.3 Å². The highest BCUT2D eigenvalue weighted by molar-refractivity contribution is 7.14. The molecule has 2 amide bonds. The zero-order chi connectivity index (χ0) is 16.8. The van der Waals surface area contributed by atoms with Gasteiger partial charge in [-0.25, -0.2) is 0 Å². The number of carbonyl (C=O) groups is 2. The number of hydrogen-bond acceptors (Lipinski definition) is 4. The quantitative estimate of drug-likeness (QED) is 0.712. The second-order valence-corrected chi connectivity index (χ2v) is 6.47. The van der Waals surface area contributed by atoms with Crippen molar-refractivity contribution in [3.8, 4) is 0 Å². The van der Waals surface area contributed by atoms with Crippen molar-refractivity contribution < 1.29 is 14.7 Å². The summed E-state index contributed by atoms with van der Waals surface area (Å²) < 4.78 is 0. The number of anilines is 1. The third-order valence-corrected chi connectivity index (χ3v) is 4.57. The monoisotopic (exact) mass is 332 g/mol. The minimum atomic E-state index is -0.194. The van der Waals surface area contributed by atoms with Crippen molar-refractivity contribution in [1.29, 1.82) is 0 Å². The van der Waals surface area contributed by atoms with Crippen molar-refractivity contribution in [2.24, 2.45) is 0 Å². The van der Waals surface area contributed by atoms with Crippen molar-refractivity contribution in [2.75, 3.05) is 18.5 Å². The highest BCUT2D eigenvalue weighted by atomic mass is 32.1. The van der Waals surface area contributed by atoms with Gasteiger partial charge in [-0.15, -0.1) is 11.3 Å². The molecule has 0 saturated carbocycles. The fourth-order valence-electron chi connectivity index (χ4n) is 1.97. The lowest BCUT2D eigenvalue weighted by molar-refractivity contribution is 0.0950. The molecule has 1 aromatic heterocycles. The van der Waals surface area contributed by atoms with E-state index in [4.69, 9.17) is 5.11 Å². The molecular weight excluding hydrogens is 312 g/mol. The normalized spacial score (nSPS) is 10.4. The standard InChI is InChI=1S/C17H20N2O3S/c1-11-10-15(23-12(11)2)17(22)19-14-6-4-13(5-7-14)16(21)18-8-3-9-20/h4-7,10,20H,3,8-9H2,1-2H3,(H,18,21)(H,19,22). The van der Waals surface area contributed by atoms with E-state index in [0.717, 1.165) is 10.4 Å². The van der Waals surface area contributed by atoms with Crippen LogP contribution in [-0.4, -0.2) is 30.1 Å². The Hall–Kier alpha value is -2.18. The Kier molecular flexibility index (Phi) is 5.90. The number of aryl methyl sites for hydroxylation is 2. The molecule has 2 rings (SSSR count). The number of aliphatic hydroxyl groups excluding tert-OH is 1. The van der Waals surface area contributed by atoms with Gasteiger partial charge in [0.25, 0.3) is 11.8 Å². The van der Waals surface area contributed by atoms with Crippen LogP contribution in [0.1, 0.15) is 36.9 Å². The van der Waals surface area contributed by atoms with E-state index in [0.29, 0.717) is 29.1 Å². The highest BCUT2D eigenvalue weighted by Crippen LogP contribution is 2.21. The molecule has 1 heterocycles. The van der Waals surface area contributed by atoms with Gasteiger partial charge in [-0.05, 0) is 56.2 Å². The summed E-state index contributed by atoms with van der Waals surface area (Å²) in [5.41, 5.74) is 2.27. The molecule has 3 N–H and O–H groups in total. The Morgan fingerprint density at radius 1 is 1.13 bits per heavy atom. The second-order valence-electron chi connectivity index (χ2n) is 5.21. The first-order chi connectivity index (χ1) is 11.0. The van der Waals surface area contributed by atoms with Crippen molar-refractivity contribution in [2.45, 2.75) is 20.3 Å². The van der Waals surface area contributed by atoms with Gasteiger partial charge in [0.05, 0.1) is 4.88 Å². The fraction of sp³-hybridized carbons (Fsp3) is 0.294. The molecule has 0 aliphatic carbocycles. The van der Waals surface area contributed by atoms with Crippen molar-refractivity contribution in [1.82, 2.24) is 5.32 Å². The molecule has 0 bridgehead atoms. The first-order valence-electron chi connectivity index (χ1n) is 7.38. The zero-order valence-corrected chi connectivity index (χ0v) is 14.0. The Morgan fingerprint density at radius 2 is 1.83 bits per heavy atom. The zero-order valence-electron chi connectivity index (χ0n) is 13.2. The maximum Gasteiger partial charge on any atom is 0.265 e. The number of nitrogens with one attached hydrogen (secondary N) is 2. The Bertz CT molecular complexity index is 673. The topological polar surface area (TPSA) is 78.4 Å². The summed E-state index contributed by atoms with van der Waals surface area (Å²) in [6.07, 6.45) is 0.527. The lowest BCUT2D eigenvalue weighted by Crippen LogP contribution is -2.24. The molecule has 0 radical (unpaired) electrons. The van der Waals surface area contributed by atoms with E-state index in [9.17, 15) is 9.59 Å². The van der Waals surface area contributed by atoms with Crippen LogP contribution in [0.15, 0.2) is 30.3 Å². The molecule has 0 aliphatic heterocycles. The summed E-state index contributed by atoms with van der Waals surface area (Å²) in [6, 6.07) is 8.60. The van der Waals surface area contributed by atoms with Crippen LogP contribution in [0, 0.1) is 13.8 Å². The number of thiophene rings is 1. The van der Waals surface area contributed by atoms with Crippen LogP contribution < -0.4 is 10.6 Å². The largest absolute Gasteiger partial charge is 0.396 e. The summed E-state index contributed by atoms with van der Waals surface area (Å²) in [6.45, 7) is 4.45. The van der Waals surface area contributed by atoms with Gasteiger partial charge < -0.3 is 15.7 Å². The van der Waals surface area contributed by atoms with Crippen molar-refractivity contribution >= 4 is 28.8 Å². The number of carbonyl (C=O) groups excluding carboxylic acids is 2. The maximum absolute atomic E-state index is 12.2. The lowest BCUT2D eigenvalue weighted by Gasteiger charge is -2.06. The molecule has 1 aromatic carbocycles. The van der Waals surface area contributed by atoms with Gasteiger partial charge in [0.1, 0.15) is 0 Å². The molecule has 6 heteroatoms. The van der Waals surface area contributed by atoms with Gasteiger partial charge in [-0.3, -0.25) is 9.59 Å². The van der Waals surface area contributed by atoms with E-state index in [-0.39, 0.29) is 18.4 Å². The third kappa shape index (κ3) is 4.64. The average molecular weight is 332 g/mol. The Balaban J connectivity index is 1.96. The minimum Gasteiger partial charge on any atom is -0.396 e. The molecule has 0 atom stereocenters. The maximum atomic E-state index is 12.2. The van der Waals surface area contributed by atoms with Gasteiger partial charge in [0, 0.05) is 29.3 Å². The first kappa shape index (κ1) is 17.2. The molecule has 23 heavy (non-hydrogen) atoms. The molecular formula is C17H20N2O3S. The Morgan fingerprint density at radius 3 is 2.39 bits per heavy atom. The summed E-state index contributed by atoms with van der Waals surface area (Å²) in [5.74, 6) is -0.341. The molecule has 5 nitrogen and oxygen atoms in total. The van der Waals surface area contributed by atoms with Gasteiger partial charge in [-0.1, -0.05) is 0 Å². The van der Waals surface area contributed by atoms with E-state index in [2.05, 4.69) is 10.6 Å². The van der Waals surface area contributed by atoms with Crippen molar-refractivity contribution in [3.05, 3.63) is 51.2 Å². The smallest absolute Gasteiger partial charge is 0.265 e. The van der Waals surface area contributed by atoms with Crippen LogP contribution in [-0.2, 0) is 0 Å². The summed E-state index contributed by atoms with van der Waals surface area (Å²) in [5, 5.41) is 14.2. The summed E-state index contributed by atoms with van der Waals surface area (Å²) >= 11 is 1.46. The minimum absolute atomic E-state index is 0.0485. The second kappa shape index (κ2) is 7.89. The van der Waals surface area contributed by atoms with E-state index >= 15 is 0 Å². The van der Waals surface area contributed by atoms with E-state index in [1.165, 1.54) is 11.3 Å².